The molecule has 1 amide bonds. The van der Waals surface area contributed by atoms with Crippen LogP contribution >= 0.6 is 12.2 Å². The van der Waals surface area contributed by atoms with E-state index >= 15 is 0 Å². The minimum absolute atomic E-state index is 0.0520. The third kappa shape index (κ3) is 8.40. The molecule has 0 aliphatic carbocycles. The average Bonchev–Trinajstić information content (AvgIpc) is 3.81. The number of para-hydroxylation sites is 4. The van der Waals surface area contributed by atoms with Crippen LogP contribution in [-0.2, 0) is 12.4 Å². The number of anilines is 2. The zero-order chi connectivity index (χ0) is 42.9. The number of fused-ring (bicyclic) bond motifs is 2. The van der Waals surface area contributed by atoms with E-state index in [1.54, 1.807) is 30.3 Å². The summed E-state index contributed by atoms with van der Waals surface area (Å²) in [6.45, 7) is 0. The minimum Gasteiger partial charge on any atom is -0.346 e. The first-order chi connectivity index (χ1) is 28.5. The number of halogens is 10. The smallest absolute Gasteiger partial charge is 0.346 e. The Morgan fingerprint density at radius 3 is 1.35 bits per heavy atom. The zero-order valence-corrected chi connectivity index (χ0v) is 30.9. The molecule has 304 valence electrons. The normalized spacial score (nSPS) is 11.6. The molecule has 0 radical (unpaired) electrons. The molecule has 6 aromatic carbocycles. The Morgan fingerprint density at radius 1 is 0.500 bits per heavy atom. The van der Waals surface area contributed by atoms with Gasteiger partial charge in [-0.15, -0.1) is 0 Å². The second-order valence-electron chi connectivity index (χ2n) is 12.7. The number of hydrogen-bond acceptors (Lipinski definition) is 4. The first-order valence-electron chi connectivity index (χ1n) is 17.3. The Bertz CT molecular complexity index is 2690. The van der Waals surface area contributed by atoms with Gasteiger partial charge in [0.25, 0.3) is 5.91 Å². The Hall–Kier alpha value is -7.08. The van der Waals surface area contributed by atoms with Crippen LogP contribution in [0.5, 0.6) is 0 Å². The summed E-state index contributed by atoms with van der Waals surface area (Å²) in [6.07, 6.45) is -9.33. The van der Waals surface area contributed by atoms with Crippen molar-refractivity contribution >= 4 is 56.6 Å². The molecule has 60 heavy (non-hydrogen) atoms. The third-order valence-corrected chi connectivity index (χ3v) is 9.11. The van der Waals surface area contributed by atoms with E-state index in [2.05, 4.69) is 20.6 Å². The van der Waals surface area contributed by atoms with Crippen LogP contribution in [0.1, 0.15) is 27.6 Å². The summed E-state index contributed by atoms with van der Waals surface area (Å²) in [4.78, 5) is 19.5. The number of thiocarbonyl (C=S) groups is 1. The third-order valence-electron chi connectivity index (χ3n) is 8.79. The number of amides is 1. The number of benzene rings is 6. The van der Waals surface area contributed by atoms with Gasteiger partial charge in [0.2, 0.25) is 11.6 Å². The summed E-state index contributed by atoms with van der Waals surface area (Å²) in [7, 11) is 0. The molecule has 2 N–H and O–H groups in total. The summed E-state index contributed by atoms with van der Waals surface area (Å²) in [5.74, 6) is -7.56. The Kier molecular flexibility index (Phi) is 11.2. The average molecular weight is 851 g/mol. The molecule has 0 spiro atoms. The topological polar surface area (TPSA) is 76.8 Å². The molecule has 0 aliphatic rings. The lowest BCUT2D eigenvalue weighted by Crippen LogP contribution is -2.15. The van der Waals surface area contributed by atoms with E-state index in [9.17, 15) is 48.7 Å². The van der Waals surface area contributed by atoms with E-state index < -0.39 is 58.7 Å². The van der Waals surface area contributed by atoms with Crippen molar-refractivity contribution in [3.63, 3.8) is 0 Å². The molecule has 8 aromatic rings. The van der Waals surface area contributed by atoms with Crippen LogP contribution in [0.15, 0.2) is 133 Å². The van der Waals surface area contributed by atoms with Crippen molar-refractivity contribution in [2.24, 2.45) is 0 Å². The number of carbonyl (C=O) groups excluding carboxylic acids is 1. The van der Waals surface area contributed by atoms with E-state index in [0.29, 0.717) is 11.2 Å². The van der Waals surface area contributed by atoms with Gasteiger partial charge in [0, 0.05) is 28.3 Å². The van der Waals surface area contributed by atoms with Crippen LogP contribution in [-0.4, -0.2) is 30.0 Å². The Balaban J connectivity index is 0.000000181. The van der Waals surface area contributed by atoms with Crippen molar-refractivity contribution in [3.8, 4) is 11.4 Å². The van der Waals surface area contributed by atoms with Crippen molar-refractivity contribution in [3.05, 3.63) is 180 Å². The van der Waals surface area contributed by atoms with Gasteiger partial charge in [-0.3, -0.25) is 13.9 Å². The predicted octanol–water partition coefficient (Wildman–Crippen LogP) is 11.7. The Morgan fingerprint density at radius 2 is 0.900 bits per heavy atom. The molecule has 0 saturated heterocycles. The number of rotatable bonds is 6. The van der Waals surface area contributed by atoms with Crippen molar-refractivity contribution in [1.82, 2.24) is 19.1 Å². The van der Waals surface area contributed by atoms with Gasteiger partial charge in [0.1, 0.15) is 4.99 Å². The molecule has 0 atom stereocenters. The minimum atomic E-state index is -4.68. The number of hydrogen-bond donors (Lipinski definition) is 2. The fourth-order valence-electron chi connectivity index (χ4n) is 6.10. The maximum atomic E-state index is 13.9. The van der Waals surface area contributed by atoms with E-state index in [-0.39, 0.29) is 44.2 Å². The highest BCUT2D eigenvalue weighted by Crippen LogP contribution is 2.35. The summed E-state index contributed by atoms with van der Waals surface area (Å²) in [6, 6.07) is 30.6. The standard InChI is InChI=1S/C21H12F5N3O.C21H12F5N3S/c2*22-15-5-3-4-14(18(15)23)19(30)27-12-8-10-13(11-9-12)29-17-7-2-1-6-16(17)28-20(29)21(24,25)26/h2*1-11H,(H,27,30). The molecule has 0 bridgehead atoms. The van der Waals surface area contributed by atoms with Crippen LogP contribution in [0.2, 0.25) is 0 Å². The number of imidazole rings is 2. The first kappa shape index (κ1) is 41.1. The van der Waals surface area contributed by atoms with Crippen LogP contribution in [0.3, 0.4) is 0 Å². The summed E-state index contributed by atoms with van der Waals surface area (Å²) in [5, 5.41) is 5.15. The van der Waals surface area contributed by atoms with Crippen LogP contribution in [0, 0.1) is 23.3 Å². The van der Waals surface area contributed by atoms with Gasteiger partial charge >= 0.3 is 12.4 Å². The van der Waals surface area contributed by atoms with E-state index in [1.807, 2.05) is 0 Å². The maximum Gasteiger partial charge on any atom is 0.450 e. The number of nitrogens with zero attached hydrogens (tertiary/aromatic N) is 4. The zero-order valence-electron chi connectivity index (χ0n) is 30.1. The second kappa shape index (κ2) is 16.3. The number of nitrogens with one attached hydrogen (secondary N) is 2. The first-order valence-corrected chi connectivity index (χ1v) is 17.7. The highest BCUT2D eigenvalue weighted by Gasteiger charge is 2.39. The predicted molar refractivity (Wildman–Crippen MR) is 208 cm³/mol. The molecule has 8 rings (SSSR count). The molecule has 18 heteroatoms. The summed E-state index contributed by atoms with van der Waals surface area (Å²) in [5.41, 5.74) is 1.39. The molecular weight excluding hydrogens is 827 g/mol. The van der Waals surface area contributed by atoms with Crippen molar-refractivity contribution in [2.45, 2.75) is 12.4 Å². The van der Waals surface area contributed by atoms with Crippen molar-refractivity contribution in [1.29, 1.82) is 0 Å². The van der Waals surface area contributed by atoms with Gasteiger partial charge in [0.15, 0.2) is 23.3 Å². The van der Waals surface area contributed by atoms with E-state index in [0.717, 1.165) is 27.3 Å². The van der Waals surface area contributed by atoms with Crippen molar-refractivity contribution in [2.75, 3.05) is 10.6 Å². The van der Waals surface area contributed by atoms with Gasteiger partial charge in [-0.05, 0) is 97.1 Å². The lowest BCUT2D eigenvalue weighted by molar-refractivity contribution is -0.146. The number of alkyl halides is 6. The van der Waals surface area contributed by atoms with Gasteiger partial charge < -0.3 is 10.6 Å². The molecule has 0 aliphatic heterocycles. The molecule has 2 heterocycles. The van der Waals surface area contributed by atoms with E-state index in [1.165, 1.54) is 84.9 Å². The molecule has 2 aromatic heterocycles. The van der Waals surface area contributed by atoms with Gasteiger partial charge in [-0.25, -0.2) is 27.5 Å². The highest BCUT2D eigenvalue weighted by molar-refractivity contribution is 7.81. The fraction of sp³-hybridized carbons (Fsp3) is 0.0476. The number of aromatic nitrogens is 4. The van der Waals surface area contributed by atoms with Gasteiger partial charge in [-0.1, -0.05) is 48.6 Å². The summed E-state index contributed by atoms with van der Waals surface area (Å²) >= 11 is 5.11. The maximum absolute atomic E-state index is 13.9. The van der Waals surface area contributed by atoms with Crippen LogP contribution in [0.4, 0.5) is 55.3 Å². The molecule has 7 nitrogen and oxygen atoms in total. The molecule has 0 fully saturated rings. The molecule has 0 unspecified atom stereocenters. The van der Waals surface area contributed by atoms with Crippen molar-refractivity contribution < 1.29 is 48.7 Å². The molecular formula is C42H24F10N6OS. The number of carbonyl (C=O) groups is 1. The monoisotopic (exact) mass is 850 g/mol. The summed E-state index contributed by atoms with van der Waals surface area (Å²) < 4.78 is 137. The SMILES string of the molecule is Fc1cccc(C(=S)Nc2ccc(-n3c(C(F)(F)F)nc4ccccc43)cc2)c1F.O=C(Nc1ccc(-n2c(C(F)(F)F)nc3ccccc32)cc1)c1cccc(F)c1F. The fourth-order valence-corrected chi connectivity index (χ4v) is 6.37. The Labute approximate surface area is 337 Å². The van der Waals surface area contributed by atoms with Gasteiger partial charge in [0.05, 0.1) is 27.6 Å². The van der Waals surface area contributed by atoms with Gasteiger partial charge in [-0.2, -0.15) is 26.3 Å². The molecule has 0 saturated carbocycles. The largest absolute Gasteiger partial charge is 0.450 e. The quantitative estimate of drug-likeness (QED) is 0.129. The van der Waals surface area contributed by atoms with E-state index in [4.69, 9.17) is 12.2 Å². The van der Waals surface area contributed by atoms with Crippen LogP contribution in [0.25, 0.3) is 33.4 Å². The second-order valence-corrected chi connectivity index (χ2v) is 13.1. The van der Waals surface area contributed by atoms with Crippen LogP contribution < -0.4 is 10.6 Å². The lowest BCUT2D eigenvalue weighted by Gasteiger charge is -2.13. The lowest BCUT2D eigenvalue weighted by atomic mass is 10.2. The highest BCUT2D eigenvalue weighted by atomic mass is 32.1.